The molecule has 1 heterocycles. The molecule has 3 rings (SSSR count). The maximum Gasteiger partial charge on any atom is 0.363 e. The number of nitrogens with zero attached hydrogens (tertiary/aromatic N) is 2. The number of imide groups is 1. The van der Waals surface area contributed by atoms with E-state index in [-0.39, 0.29) is 28.1 Å². The van der Waals surface area contributed by atoms with Crippen molar-refractivity contribution in [2.24, 2.45) is 0 Å². The molecule has 9 heteroatoms. The first-order valence-corrected chi connectivity index (χ1v) is 9.59. The molecule has 0 unspecified atom stereocenters. The number of carbonyl (C=O) groups excluding carboxylic acids is 3. The number of benzene rings is 2. The lowest BCUT2D eigenvalue weighted by molar-refractivity contribution is -0.0584. The van der Waals surface area contributed by atoms with Gasteiger partial charge in [-0.2, -0.15) is 4.31 Å². The number of fused-ring (bicyclic) bond motifs is 1. The number of hydroxylamine groups is 2. The van der Waals surface area contributed by atoms with Crippen LogP contribution in [-0.2, 0) is 14.9 Å². The maximum atomic E-state index is 12.5. The molecule has 0 fully saturated rings. The minimum atomic E-state index is -3.84. The van der Waals surface area contributed by atoms with Crippen molar-refractivity contribution in [3.05, 3.63) is 77.9 Å². The molecule has 0 saturated heterocycles. The van der Waals surface area contributed by atoms with Crippen LogP contribution in [0.5, 0.6) is 0 Å². The van der Waals surface area contributed by atoms with Crippen molar-refractivity contribution >= 4 is 27.8 Å². The molecule has 28 heavy (non-hydrogen) atoms. The zero-order valence-corrected chi connectivity index (χ0v) is 15.7. The molecule has 0 aliphatic carbocycles. The fourth-order valence-corrected chi connectivity index (χ4v) is 3.82. The maximum absolute atomic E-state index is 12.5. The first-order valence-electron chi connectivity index (χ1n) is 8.14. The number of amides is 2. The Morgan fingerprint density at radius 2 is 1.71 bits per heavy atom. The SMILES string of the molecule is C=CCN(C)S(=O)(=O)c1cccc(C(=O)ON2C(=O)c3ccccc3C2=O)c1. The van der Waals surface area contributed by atoms with Crippen molar-refractivity contribution < 1.29 is 27.6 Å². The highest BCUT2D eigenvalue weighted by molar-refractivity contribution is 7.89. The van der Waals surface area contributed by atoms with E-state index < -0.39 is 27.8 Å². The van der Waals surface area contributed by atoms with E-state index in [1.165, 1.54) is 43.5 Å². The zero-order valence-electron chi connectivity index (χ0n) is 14.9. The highest BCUT2D eigenvalue weighted by Gasteiger charge is 2.38. The van der Waals surface area contributed by atoms with Crippen LogP contribution in [0.4, 0.5) is 0 Å². The number of likely N-dealkylation sites (N-methyl/N-ethyl adjacent to an activating group) is 1. The van der Waals surface area contributed by atoms with Crippen LogP contribution in [-0.4, -0.2) is 49.2 Å². The van der Waals surface area contributed by atoms with E-state index >= 15 is 0 Å². The molecule has 0 N–H and O–H groups in total. The topological polar surface area (TPSA) is 101 Å². The second kappa shape index (κ2) is 7.37. The minimum absolute atomic E-state index is 0.0893. The van der Waals surface area contributed by atoms with Gasteiger partial charge in [-0.3, -0.25) is 9.59 Å². The van der Waals surface area contributed by atoms with Crippen LogP contribution in [0.15, 0.2) is 66.1 Å². The smallest absolute Gasteiger partial charge is 0.324 e. The van der Waals surface area contributed by atoms with Gasteiger partial charge in [0.1, 0.15) is 0 Å². The molecular weight excluding hydrogens is 384 g/mol. The Kier molecular flexibility index (Phi) is 5.12. The van der Waals surface area contributed by atoms with Crippen molar-refractivity contribution in [1.82, 2.24) is 9.37 Å². The third-order valence-electron chi connectivity index (χ3n) is 4.10. The van der Waals surface area contributed by atoms with Crippen LogP contribution in [0.3, 0.4) is 0 Å². The second-order valence-electron chi connectivity index (χ2n) is 5.93. The average Bonchev–Trinajstić information content (AvgIpc) is 2.93. The lowest BCUT2D eigenvalue weighted by Crippen LogP contribution is -2.32. The predicted molar refractivity (Wildman–Crippen MR) is 98.8 cm³/mol. The fraction of sp³-hybridized carbons (Fsp3) is 0.105. The zero-order chi connectivity index (χ0) is 20.5. The summed E-state index contributed by atoms with van der Waals surface area (Å²) in [7, 11) is -2.47. The van der Waals surface area contributed by atoms with Gasteiger partial charge in [0.2, 0.25) is 10.0 Å². The first kappa shape index (κ1) is 19.5. The summed E-state index contributed by atoms with van der Waals surface area (Å²) in [5, 5.41) is 0.373. The Morgan fingerprint density at radius 1 is 1.11 bits per heavy atom. The van der Waals surface area contributed by atoms with Crippen LogP contribution in [0.2, 0.25) is 0 Å². The van der Waals surface area contributed by atoms with Gasteiger partial charge in [0.15, 0.2) is 0 Å². The van der Waals surface area contributed by atoms with E-state index in [1.54, 1.807) is 12.1 Å². The molecule has 0 radical (unpaired) electrons. The molecule has 0 saturated carbocycles. The van der Waals surface area contributed by atoms with Gasteiger partial charge >= 0.3 is 5.97 Å². The van der Waals surface area contributed by atoms with Crippen LogP contribution < -0.4 is 0 Å². The van der Waals surface area contributed by atoms with Gasteiger partial charge in [-0.25, -0.2) is 13.2 Å². The Bertz CT molecular complexity index is 1060. The summed E-state index contributed by atoms with van der Waals surface area (Å²) in [6.07, 6.45) is 1.43. The van der Waals surface area contributed by atoms with E-state index in [4.69, 9.17) is 4.84 Å². The van der Waals surface area contributed by atoms with E-state index in [0.29, 0.717) is 5.06 Å². The summed E-state index contributed by atoms with van der Waals surface area (Å²) in [5.41, 5.74) is 0.134. The van der Waals surface area contributed by atoms with Gasteiger partial charge in [0.25, 0.3) is 11.8 Å². The van der Waals surface area contributed by atoms with Gasteiger partial charge in [0, 0.05) is 13.6 Å². The van der Waals surface area contributed by atoms with Crippen LogP contribution in [0, 0.1) is 0 Å². The molecular formula is C19H16N2O6S. The normalized spacial score (nSPS) is 13.6. The van der Waals surface area contributed by atoms with Gasteiger partial charge in [-0.1, -0.05) is 29.3 Å². The molecule has 0 atom stereocenters. The average molecular weight is 400 g/mol. The number of hydrogen-bond donors (Lipinski definition) is 0. The van der Waals surface area contributed by atoms with Gasteiger partial charge < -0.3 is 4.84 Å². The highest BCUT2D eigenvalue weighted by Crippen LogP contribution is 2.24. The number of sulfonamides is 1. The molecule has 1 aliphatic heterocycles. The van der Waals surface area contributed by atoms with E-state index in [9.17, 15) is 22.8 Å². The van der Waals surface area contributed by atoms with Crippen molar-refractivity contribution in [1.29, 1.82) is 0 Å². The monoisotopic (exact) mass is 400 g/mol. The minimum Gasteiger partial charge on any atom is -0.324 e. The third-order valence-corrected chi connectivity index (χ3v) is 5.91. The Hall–Kier alpha value is -3.30. The summed E-state index contributed by atoms with van der Waals surface area (Å²) in [6.45, 7) is 3.58. The molecule has 2 amide bonds. The van der Waals surface area contributed by atoms with Gasteiger partial charge in [-0.15, -0.1) is 6.58 Å². The lowest BCUT2D eigenvalue weighted by Gasteiger charge is -2.16. The van der Waals surface area contributed by atoms with Crippen LogP contribution in [0.1, 0.15) is 31.1 Å². The van der Waals surface area contributed by atoms with Crippen molar-refractivity contribution in [2.75, 3.05) is 13.6 Å². The quantitative estimate of drug-likeness (QED) is 0.542. The summed E-state index contributed by atoms with van der Waals surface area (Å²) in [6, 6.07) is 11.2. The molecule has 0 spiro atoms. The predicted octanol–water partition coefficient (Wildman–Crippen LogP) is 1.86. The Balaban J connectivity index is 1.84. The Labute approximate surface area is 161 Å². The number of hydrogen-bond acceptors (Lipinski definition) is 6. The molecule has 144 valence electrons. The largest absolute Gasteiger partial charge is 0.363 e. The van der Waals surface area contributed by atoms with Crippen LogP contribution in [0.25, 0.3) is 0 Å². The Morgan fingerprint density at radius 3 is 2.29 bits per heavy atom. The highest BCUT2D eigenvalue weighted by atomic mass is 32.2. The van der Waals surface area contributed by atoms with Crippen molar-refractivity contribution in [3.8, 4) is 0 Å². The van der Waals surface area contributed by atoms with Crippen molar-refractivity contribution in [2.45, 2.75) is 4.90 Å². The van der Waals surface area contributed by atoms with Crippen LogP contribution >= 0.6 is 0 Å². The van der Waals surface area contributed by atoms with Gasteiger partial charge in [-0.05, 0) is 30.3 Å². The standard InChI is InChI=1S/C19H16N2O6S/c1-3-11-20(2)28(25,26)14-8-6-7-13(12-14)19(24)27-21-17(22)15-9-4-5-10-16(15)18(21)23/h3-10,12H,1,11H2,2H3. The summed E-state index contributed by atoms with van der Waals surface area (Å²) < 4.78 is 26.1. The van der Waals surface area contributed by atoms with Gasteiger partial charge in [0.05, 0.1) is 21.6 Å². The summed E-state index contributed by atoms with van der Waals surface area (Å²) in [5.74, 6) is -2.55. The summed E-state index contributed by atoms with van der Waals surface area (Å²) >= 11 is 0. The van der Waals surface area contributed by atoms with Crippen molar-refractivity contribution in [3.63, 3.8) is 0 Å². The molecule has 2 aromatic rings. The lowest BCUT2D eigenvalue weighted by atomic mass is 10.1. The second-order valence-corrected chi connectivity index (χ2v) is 7.98. The summed E-state index contributed by atoms with van der Waals surface area (Å²) in [4.78, 5) is 41.8. The van der Waals surface area contributed by atoms with E-state index in [0.717, 1.165) is 10.4 Å². The molecule has 0 aromatic heterocycles. The number of carbonyl (C=O) groups is 3. The first-order chi connectivity index (χ1) is 13.3. The number of rotatable bonds is 6. The molecule has 8 nitrogen and oxygen atoms in total. The fourth-order valence-electron chi connectivity index (χ4n) is 2.63. The molecule has 1 aliphatic rings. The third kappa shape index (κ3) is 3.32. The van der Waals surface area contributed by atoms with E-state index in [1.807, 2.05) is 0 Å². The van der Waals surface area contributed by atoms with E-state index in [2.05, 4.69) is 6.58 Å². The molecule has 0 bridgehead atoms. The molecule has 2 aromatic carbocycles.